The number of benzene rings is 3. The van der Waals surface area contributed by atoms with E-state index in [4.69, 9.17) is 14.2 Å². The standard InChI is InChI=1S/C38H42F8O6/c1-3-4-5-6-7-8-9-11-26(2)51-34(47)29-14-12-27(13-15-29)28-16-18-30(19-17-28)52-35(48)32-21-20-31(24-33(32)39)50-23-10-22-49-25-36(40,41)37(42,43)38(44,45)46/h12-21,24,26H,3-11,22-23,25H2,1-2H3/t26-/m0/s1. The molecule has 0 unspecified atom stereocenters. The summed E-state index contributed by atoms with van der Waals surface area (Å²) in [6.07, 6.45) is 2.28. The van der Waals surface area contributed by atoms with Gasteiger partial charge in [0.1, 0.15) is 23.9 Å². The zero-order valence-corrected chi connectivity index (χ0v) is 28.9. The molecular formula is C38H42F8O6. The molecule has 0 aliphatic heterocycles. The van der Waals surface area contributed by atoms with Gasteiger partial charge in [0.25, 0.3) is 0 Å². The Bertz CT molecular complexity index is 1560. The van der Waals surface area contributed by atoms with Crippen LogP contribution in [0.15, 0.2) is 66.7 Å². The Hall–Kier alpha value is -4.20. The van der Waals surface area contributed by atoms with Crippen molar-refractivity contribution in [1.29, 1.82) is 0 Å². The van der Waals surface area contributed by atoms with Crippen LogP contribution in [0.2, 0.25) is 0 Å². The number of ether oxygens (including phenoxy) is 4. The monoisotopic (exact) mass is 746 g/mol. The third-order valence-corrected chi connectivity index (χ3v) is 8.00. The lowest BCUT2D eigenvalue weighted by atomic mass is 10.0. The minimum atomic E-state index is -6.45. The molecule has 0 bridgehead atoms. The number of halogens is 8. The molecule has 0 aliphatic rings. The summed E-state index contributed by atoms with van der Waals surface area (Å²) >= 11 is 0. The zero-order chi connectivity index (χ0) is 38.4. The number of alkyl halides is 7. The van der Waals surface area contributed by atoms with Gasteiger partial charge in [0.15, 0.2) is 0 Å². The van der Waals surface area contributed by atoms with E-state index in [0.717, 1.165) is 42.5 Å². The maximum atomic E-state index is 14.6. The summed E-state index contributed by atoms with van der Waals surface area (Å²) in [6, 6.07) is 16.4. The molecule has 0 heterocycles. The van der Waals surface area contributed by atoms with Gasteiger partial charge in [-0.05, 0) is 67.3 Å². The molecule has 14 heteroatoms. The minimum absolute atomic E-state index is 0.0790. The van der Waals surface area contributed by atoms with Crippen LogP contribution in [0.25, 0.3) is 11.1 Å². The zero-order valence-electron chi connectivity index (χ0n) is 28.9. The Morgan fingerprint density at radius 1 is 0.692 bits per heavy atom. The van der Waals surface area contributed by atoms with Crippen LogP contribution in [0.3, 0.4) is 0 Å². The number of hydrogen-bond donors (Lipinski definition) is 0. The lowest BCUT2D eigenvalue weighted by Gasteiger charge is -2.27. The maximum Gasteiger partial charge on any atom is 0.459 e. The SMILES string of the molecule is CCCCCCCCC[C@H](C)OC(=O)c1ccc(-c2ccc(OC(=O)c3ccc(OCCCOCC(F)(F)C(F)(F)C(F)(F)F)cc3F)cc2)cc1. The summed E-state index contributed by atoms with van der Waals surface area (Å²) in [5, 5.41) is 0. The number of hydrogen-bond acceptors (Lipinski definition) is 6. The lowest BCUT2D eigenvalue weighted by Crippen LogP contribution is -2.54. The first kappa shape index (κ1) is 42.2. The Kier molecular flexibility index (Phi) is 15.9. The molecule has 0 spiro atoms. The topological polar surface area (TPSA) is 71.1 Å². The van der Waals surface area contributed by atoms with E-state index in [1.807, 2.05) is 6.92 Å². The van der Waals surface area contributed by atoms with Crippen molar-refractivity contribution in [2.24, 2.45) is 0 Å². The molecule has 3 aromatic carbocycles. The van der Waals surface area contributed by atoms with Crippen LogP contribution in [0, 0.1) is 5.82 Å². The molecule has 1 atom stereocenters. The van der Waals surface area contributed by atoms with Crippen LogP contribution in [0.5, 0.6) is 11.5 Å². The fourth-order valence-electron chi connectivity index (χ4n) is 4.98. The second kappa shape index (κ2) is 19.6. The van der Waals surface area contributed by atoms with Crippen molar-refractivity contribution in [2.75, 3.05) is 19.8 Å². The quantitative estimate of drug-likeness (QED) is 0.0468. The van der Waals surface area contributed by atoms with Crippen molar-refractivity contribution in [3.63, 3.8) is 0 Å². The smallest absolute Gasteiger partial charge is 0.459 e. The van der Waals surface area contributed by atoms with Gasteiger partial charge < -0.3 is 18.9 Å². The van der Waals surface area contributed by atoms with E-state index in [1.165, 1.54) is 50.3 Å². The maximum absolute atomic E-state index is 14.6. The molecule has 0 aliphatic carbocycles. The van der Waals surface area contributed by atoms with Crippen LogP contribution >= 0.6 is 0 Å². The lowest BCUT2D eigenvalue weighted by molar-refractivity contribution is -0.361. The molecule has 0 fully saturated rings. The molecule has 0 amide bonds. The van der Waals surface area contributed by atoms with Crippen molar-refractivity contribution in [1.82, 2.24) is 0 Å². The van der Waals surface area contributed by atoms with Gasteiger partial charge in [-0.3, -0.25) is 0 Å². The summed E-state index contributed by atoms with van der Waals surface area (Å²) in [6.45, 7) is 0.978. The Labute approximate surface area is 297 Å². The second-order valence-corrected chi connectivity index (χ2v) is 12.3. The van der Waals surface area contributed by atoms with Crippen molar-refractivity contribution in [2.45, 2.75) is 95.8 Å². The minimum Gasteiger partial charge on any atom is -0.493 e. The summed E-state index contributed by atoms with van der Waals surface area (Å²) in [5.41, 5.74) is 1.55. The third-order valence-electron chi connectivity index (χ3n) is 8.00. The Balaban J connectivity index is 1.42. The van der Waals surface area contributed by atoms with E-state index in [9.17, 15) is 44.7 Å². The van der Waals surface area contributed by atoms with Gasteiger partial charge >= 0.3 is 30.0 Å². The predicted molar refractivity (Wildman–Crippen MR) is 178 cm³/mol. The number of rotatable bonds is 21. The predicted octanol–water partition coefficient (Wildman–Crippen LogP) is 11.0. The average Bonchev–Trinajstić information content (AvgIpc) is 3.09. The molecule has 3 rings (SSSR count). The van der Waals surface area contributed by atoms with Crippen molar-refractivity contribution < 1.29 is 63.7 Å². The first-order valence-corrected chi connectivity index (χ1v) is 17.0. The summed E-state index contributed by atoms with van der Waals surface area (Å²) in [5.74, 6) is -14.1. The van der Waals surface area contributed by atoms with Gasteiger partial charge in [0.2, 0.25) is 0 Å². The second-order valence-electron chi connectivity index (χ2n) is 12.3. The fourth-order valence-corrected chi connectivity index (χ4v) is 4.98. The highest BCUT2D eigenvalue weighted by Gasteiger charge is 2.73. The highest BCUT2D eigenvalue weighted by molar-refractivity contribution is 5.92. The highest BCUT2D eigenvalue weighted by Crippen LogP contribution is 2.46. The first-order chi connectivity index (χ1) is 24.6. The van der Waals surface area contributed by atoms with Crippen molar-refractivity contribution in [3.8, 4) is 22.6 Å². The summed E-state index contributed by atoms with van der Waals surface area (Å²) in [7, 11) is 0. The van der Waals surface area contributed by atoms with E-state index < -0.39 is 54.6 Å². The van der Waals surface area contributed by atoms with Gasteiger partial charge in [-0.25, -0.2) is 14.0 Å². The molecular weight excluding hydrogens is 704 g/mol. The van der Waals surface area contributed by atoms with E-state index in [-0.39, 0.29) is 30.6 Å². The van der Waals surface area contributed by atoms with E-state index in [1.54, 1.807) is 36.4 Å². The number of carbonyl (C=O) groups is 2. The molecule has 0 saturated heterocycles. The molecule has 286 valence electrons. The molecule has 3 aromatic rings. The summed E-state index contributed by atoms with van der Waals surface area (Å²) < 4.78 is 124. The number of unbranched alkanes of at least 4 members (excludes halogenated alkanes) is 6. The molecule has 0 radical (unpaired) electrons. The van der Waals surface area contributed by atoms with E-state index in [2.05, 4.69) is 11.7 Å². The van der Waals surface area contributed by atoms with Crippen LogP contribution < -0.4 is 9.47 Å². The van der Waals surface area contributed by atoms with Crippen molar-refractivity contribution in [3.05, 3.63) is 83.7 Å². The molecule has 0 N–H and O–H groups in total. The average molecular weight is 747 g/mol. The highest BCUT2D eigenvalue weighted by atomic mass is 19.4. The van der Waals surface area contributed by atoms with Crippen LogP contribution in [0.4, 0.5) is 35.1 Å². The van der Waals surface area contributed by atoms with Crippen molar-refractivity contribution >= 4 is 11.9 Å². The largest absolute Gasteiger partial charge is 0.493 e. The number of carbonyl (C=O) groups excluding carboxylic acids is 2. The fraction of sp³-hybridized carbons (Fsp3) is 0.474. The number of esters is 2. The summed E-state index contributed by atoms with van der Waals surface area (Å²) in [4.78, 5) is 25.2. The van der Waals surface area contributed by atoms with Crippen LogP contribution in [-0.4, -0.2) is 55.9 Å². The van der Waals surface area contributed by atoms with Crippen LogP contribution in [0.1, 0.15) is 92.4 Å². The Morgan fingerprint density at radius 3 is 1.87 bits per heavy atom. The molecule has 0 aromatic heterocycles. The van der Waals surface area contributed by atoms with Gasteiger partial charge in [-0.2, -0.15) is 30.7 Å². The van der Waals surface area contributed by atoms with Gasteiger partial charge in [-0.1, -0.05) is 69.7 Å². The molecule has 6 nitrogen and oxygen atoms in total. The molecule has 0 saturated carbocycles. The van der Waals surface area contributed by atoms with Gasteiger partial charge in [0.05, 0.1) is 30.4 Å². The molecule has 52 heavy (non-hydrogen) atoms. The van der Waals surface area contributed by atoms with Gasteiger partial charge in [0, 0.05) is 12.5 Å². The van der Waals surface area contributed by atoms with E-state index >= 15 is 0 Å². The normalized spacial score (nSPS) is 12.7. The van der Waals surface area contributed by atoms with Crippen LogP contribution in [-0.2, 0) is 9.47 Å². The van der Waals surface area contributed by atoms with E-state index in [0.29, 0.717) is 5.56 Å². The Morgan fingerprint density at radius 2 is 1.27 bits per heavy atom. The van der Waals surface area contributed by atoms with Gasteiger partial charge in [-0.15, -0.1) is 0 Å². The third kappa shape index (κ3) is 12.5. The first-order valence-electron chi connectivity index (χ1n) is 17.0.